The van der Waals surface area contributed by atoms with Crippen molar-refractivity contribution in [3.05, 3.63) is 89.0 Å². The number of aromatic nitrogens is 1. The van der Waals surface area contributed by atoms with Gasteiger partial charge in [-0.3, -0.25) is 14.1 Å². The van der Waals surface area contributed by atoms with Crippen molar-refractivity contribution in [2.45, 2.75) is 50.5 Å². The molecule has 0 spiro atoms. The maximum atomic E-state index is 13.1. The predicted molar refractivity (Wildman–Crippen MR) is 164 cm³/mol. The summed E-state index contributed by atoms with van der Waals surface area (Å²) in [6, 6.07) is 13.7. The molecule has 236 valence electrons. The van der Waals surface area contributed by atoms with Crippen molar-refractivity contribution in [1.82, 2.24) is 14.4 Å². The number of piperidine rings is 1. The highest BCUT2D eigenvalue weighted by atomic mass is 32.2. The van der Waals surface area contributed by atoms with Gasteiger partial charge < -0.3 is 19.6 Å². The van der Waals surface area contributed by atoms with Crippen molar-refractivity contribution in [1.29, 1.82) is 0 Å². The molecule has 10 nitrogen and oxygen atoms in total. The first kappa shape index (κ1) is 33.0. The molecular formula is C32H39FN4O6S. The van der Waals surface area contributed by atoms with Crippen molar-refractivity contribution >= 4 is 27.5 Å². The van der Waals surface area contributed by atoms with E-state index in [4.69, 9.17) is 4.55 Å². The lowest BCUT2D eigenvalue weighted by atomic mass is 9.89. The first-order valence-corrected chi connectivity index (χ1v) is 16.1. The Bertz CT molecular complexity index is 1580. The number of fused-ring (bicyclic) bond motifs is 1. The van der Waals surface area contributed by atoms with Crippen LogP contribution in [0, 0.1) is 18.7 Å². The van der Waals surface area contributed by atoms with Crippen LogP contribution in [0.2, 0.25) is 0 Å². The van der Waals surface area contributed by atoms with Crippen molar-refractivity contribution in [3.8, 4) is 0 Å². The first-order valence-electron chi connectivity index (χ1n) is 14.7. The smallest absolute Gasteiger partial charge is 0.294 e. The van der Waals surface area contributed by atoms with Gasteiger partial charge in [-0.2, -0.15) is 8.42 Å². The summed E-state index contributed by atoms with van der Waals surface area (Å²) in [6.07, 6.45) is 6.01. The van der Waals surface area contributed by atoms with E-state index in [0.29, 0.717) is 29.9 Å². The number of aryl methyl sites for hydroxylation is 2. The molecule has 1 aromatic heterocycles. The van der Waals surface area contributed by atoms with E-state index in [2.05, 4.69) is 10.1 Å². The zero-order chi connectivity index (χ0) is 31.9. The van der Waals surface area contributed by atoms with Gasteiger partial charge >= 0.3 is 0 Å². The Hall–Kier alpha value is -3.87. The fourth-order valence-electron chi connectivity index (χ4n) is 5.52. The summed E-state index contributed by atoms with van der Waals surface area (Å²) in [6.45, 7) is 5.83. The number of likely N-dealkylation sites (tertiary alicyclic amines) is 1. The van der Waals surface area contributed by atoms with Gasteiger partial charge in [-0.15, -0.1) is 0 Å². The van der Waals surface area contributed by atoms with Crippen LogP contribution in [0.1, 0.15) is 64.1 Å². The maximum Gasteiger partial charge on any atom is 0.294 e. The molecule has 1 amide bonds. The van der Waals surface area contributed by atoms with E-state index < -0.39 is 10.1 Å². The molecule has 3 heterocycles. The van der Waals surface area contributed by atoms with E-state index in [1.54, 1.807) is 36.2 Å². The molecule has 12 heteroatoms. The summed E-state index contributed by atoms with van der Waals surface area (Å²) >= 11 is 0. The third-order valence-corrected chi connectivity index (χ3v) is 9.03. The van der Waals surface area contributed by atoms with Gasteiger partial charge in [0, 0.05) is 49.8 Å². The third kappa shape index (κ3) is 8.40. The lowest BCUT2D eigenvalue weighted by molar-refractivity contribution is 0.0788. The van der Waals surface area contributed by atoms with E-state index in [0.717, 1.165) is 63.0 Å². The number of rotatable bonds is 8. The Morgan fingerprint density at radius 3 is 2.23 bits per heavy atom. The van der Waals surface area contributed by atoms with Crippen molar-refractivity contribution in [3.63, 3.8) is 0 Å². The molecule has 1 saturated heterocycles. The zero-order valence-corrected chi connectivity index (χ0v) is 25.8. The molecule has 2 aliphatic rings. The number of amides is 1. The van der Waals surface area contributed by atoms with Crippen LogP contribution in [0.3, 0.4) is 0 Å². The molecule has 0 radical (unpaired) electrons. The summed E-state index contributed by atoms with van der Waals surface area (Å²) in [7, 11) is -2.25. The van der Waals surface area contributed by atoms with E-state index in [1.807, 2.05) is 23.8 Å². The second-order valence-electron chi connectivity index (χ2n) is 11.3. The number of oxime groups is 1. The number of unbranched alkanes of at least 4 members (excludes halogenated alkanes) is 1. The fourth-order valence-corrected chi connectivity index (χ4v) is 6.00. The molecule has 2 aromatic carbocycles. The first-order chi connectivity index (χ1) is 21.0. The van der Waals surface area contributed by atoms with Crippen LogP contribution < -0.4 is 0 Å². The molecule has 2 N–H and O–H groups in total. The monoisotopic (exact) mass is 626 g/mol. The maximum absolute atomic E-state index is 13.1. The largest absolute Gasteiger partial charge is 0.411 e. The Morgan fingerprint density at radius 2 is 1.61 bits per heavy atom. The molecule has 5 rings (SSSR count). The minimum Gasteiger partial charge on any atom is -0.411 e. The van der Waals surface area contributed by atoms with Gasteiger partial charge in [-0.25, -0.2) is 4.39 Å². The molecule has 44 heavy (non-hydrogen) atoms. The number of halogens is 1. The Balaban J connectivity index is 0.000000339. The summed E-state index contributed by atoms with van der Waals surface area (Å²) in [5.41, 5.74) is 3.43. The van der Waals surface area contributed by atoms with Gasteiger partial charge in [0.2, 0.25) is 0 Å². The zero-order valence-electron chi connectivity index (χ0n) is 25.0. The highest BCUT2D eigenvalue weighted by molar-refractivity contribution is 7.85. The van der Waals surface area contributed by atoms with Crippen LogP contribution in [-0.2, 0) is 16.7 Å². The van der Waals surface area contributed by atoms with E-state index in [-0.39, 0.29) is 28.3 Å². The molecule has 0 atom stereocenters. The average Bonchev–Trinajstić information content (AvgIpc) is 3.38. The molecule has 0 aliphatic carbocycles. The number of Topliss-reactive ketones (excluding diaryl/α,β-unsaturated/α-hetero) is 1. The lowest BCUT2D eigenvalue weighted by Crippen LogP contribution is -2.37. The fraction of sp³-hybridized carbons (Fsp3) is 0.406. The van der Waals surface area contributed by atoms with E-state index in [9.17, 15) is 27.6 Å². The molecule has 0 bridgehead atoms. The molecule has 0 unspecified atom stereocenters. The average molecular weight is 627 g/mol. The highest BCUT2D eigenvalue weighted by Crippen LogP contribution is 2.23. The SMILES string of the molecule is CN1CCC(=NO)c2ccn(CCCCN3CCC(C(=O)c4ccc(F)cc4)CC3)c2C1=O.Cc1ccc(S(=O)(=O)O)cc1. The summed E-state index contributed by atoms with van der Waals surface area (Å²) in [5, 5.41) is 12.7. The molecule has 1 fully saturated rings. The Kier molecular flexibility index (Phi) is 11.1. The van der Waals surface area contributed by atoms with Gasteiger partial charge in [0.15, 0.2) is 5.78 Å². The van der Waals surface area contributed by atoms with Crippen LogP contribution in [-0.4, -0.2) is 83.2 Å². The summed E-state index contributed by atoms with van der Waals surface area (Å²) < 4.78 is 44.6. The number of nitrogens with zero attached hydrogens (tertiary/aromatic N) is 4. The minimum atomic E-state index is -4.02. The molecule has 3 aromatic rings. The van der Waals surface area contributed by atoms with Crippen LogP contribution >= 0.6 is 0 Å². The second-order valence-corrected chi connectivity index (χ2v) is 12.7. The number of benzene rings is 2. The van der Waals surface area contributed by atoms with Crippen LogP contribution in [0.15, 0.2) is 70.8 Å². The number of hydrogen-bond acceptors (Lipinski definition) is 7. The van der Waals surface area contributed by atoms with Gasteiger partial charge in [0.1, 0.15) is 11.5 Å². The quantitative estimate of drug-likeness (QED) is 0.120. The normalized spacial score (nSPS) is 17.1. The van der Waals surface area contributed by atoms with Gasteiger partial charge in [-0.05, 0) is 94.7 Å². The lowest BCUT2D eigenvalue weighted by Gasteiger charge is -2.31. The van der Waals surface area contributed by atoms with E-state index in [1.165, 1.54) is 24.3 Å². The number of carbonyl (C=O) groups is 2. The van der Waals surface area contributed by atoms with Crippen LogP contribution in [0.25, 0.3) is 0 Å². The number of carbonyl (C=O) groups excluding carboxylic acids is 2. The second kappa shape index (κ2) is 14.7. The molecule has 0 saturated carbocycles. The van der Waals surface area contributed by atoms with Crippen molar-refractivity contribution in [2.75, 3.05) is 33.2 Å². The van der Waals surface area contributed by atoms with E-state index >= 15 is 0 Å². The minimum absolute atomic E-state index is 0.00688. The number of ketones is 1. The number of hydrogen-bond donors (Lipinski definition) is 2. The van der Waals surface area contributed by atoms with Crippen LogP contribution in [0.4, 0.5) is 4.39 Å². The Morgan fingerprint density at radius 1 is 0.977 bits per heavy atom. The van der Waals surface area contributed by atoms with Gasteiger partial charge in [0.05, 0.1) is 10.6 Å². The summed E-state index contributed by atoms with van der Waals surface area (Å²) in [4.78, 5) is 29.4. The van der Waals surface area contributed by atoms with Crippen LogP contribution in [0.5, 0.6) is 0 Å². The molecule has 2 aliphatic heterocycles. The summed E-state index contributed by atoms with van der Waals surface area (Å²) in [5.74, 6) is -0.243. The molecular weight excluding hydrogens is 587 g/mol. The van der Waals surface area contributed by atoms with Crippen molar-refractivity contribution < 1.29 is 32.2 Å². The van der Waals surface area contributed by atoms with Gasteiger partial charge in [0.25, 0.3) is 16.0 Å². The third-order valence-electron chi connectivity index (χ3n) is 8.16. The Labute approximate surface area is 257 Å². The highest BCUT2D eigenvalue weighted by Gasteiger charge is 2.28. The van der Waals surface area contributed by atoms with Gasteiger partial charge in [-0.1, -0.05) is 22.9 Å². The standard InChI is InChI=1S/C25H31FN4O3.C7H8O3S/c1-28-14-11-22(27-33)21-10-17-30(23(21)25(28)32)13-3-2-12-29-15-8-19(9-16-29)24(31)18-4-6-20(26)7-5-18;1-6-2-4-7(5-3-6)11(8,9)10/h4-7,10,17,19,33H,2-3,8-9,11-16H2,1H3;2-5H,1H3,(H,8,9,10). The topological polar surface area (TPSA) is 133 Å². The predicted octanol–water partition coefficient (Wildman–Crippen LogP) is 4.90. The van der Waals surface area contributed by atoms with Crippen molar-refractivity contribution in [2.24, 2.45) is 11.1 Å².